The summed E-state index contributed by atoms with van der Waals surface area (Å²) < 4.78 is 22.5. The van der Waals surface area contributed by atoms with Gasteiger partial charge in [0.2, 0.25) is 5.79 Å². The number of methoxy groups -OCH3 is 2. The van der Waals surface area contributed by atoms with E-state index in [4.69, 9.17) is 23.9 Å². The van der Waals surface area contributed by atoms with Gasteiger partial charge in [-0.15, -0.1) is 0 Å². The van der Waals surface area contributed by atoms with Gasteiger partial charge in [-0.2, -0.15) is 0 Å². The molecule has 4 rings (SSSR count). The lowest BCUT2D eigenvalue weighted by molar-refractivity contribution is -0.133. The Hall–Kier alpha value is -2.96. The molecule has 1 fully saturated rings. The Kier molecular flexibility index (Phi) is 4.75. The molecule has 0 unspecified atom stereocenters. The summed E-state index contributed by atoms with van der Waals surface area (Å²) in [5.74, 6) is 0.492. The van der Waals surface area contributed by atoms with Crippen LogP contribution in [0.1, 0.15) is 11.3 Å². The molecule has 1 aromatic heterocycles. The number of rotatable bonds is 5. The molecule has 0 atom stereocenters. The van der Waals surface area contributed by atoms with Gasteiger partial charge >= 0.3 is 0 Å². The Balaban J connectivity index is 1.74. The normalized spacial score (nSPS) is 15.5. The molecule has 0 N–H and O–H groups in total. The van der Waals surface area contributed by atoms with E-state index in [0.717, 1.165) is 28.3 Å². The fourth-order valence-electron chi connectivity index (χ4n) is 3.11. The van der Waals surface area contributed by atoms with E-state index < -0.39 is 5.79 Å². The molecule has 1 saturated heterocycles. The van der Waals surface area contributed by atoms with E-state index in [0.29, 0.717) is 18.9 Å². The summed E-state index contributed by atoms with van der Waals surface area (Å²) in [4.78, 5) is 9.16. The summed E-state index contributed by atoms with van der Waals surface area (Å²) in [7, 11) is 3.28. The van der Waals surface area contributed by atoms with Gasteiger partial charge in [-0.1, -0.05) is 0 Å². The summed E-state index contributed by atoms with van der Waals surface area (Å²) in [6, 6.07) is 15.3. The third-order valence-electron chi connectivity index (χ3n) is 4.52. The third kappa shape index (κ3) is 3.25. The highest BCUT2D eigenvalue weighted by molar-refractivity contribution is 5.59. The highest BCUT2D eigenvalue weighted by Gasteiger charge is 2.42. The molecule has 0 aliphatic carbocycles. The van der Waals surface area contributed by atoms with Crippen molar-refractivity contribution in [3.05, 3.63) is 72.2 Å². The maximum atomic E-state index is 6.03. The van der Waals surface area contributed by atoms with Crippen LogP contribution >= 0.6 is 0 Å². The van der Waals surface area contributed by atoms with E-state index >= 15 is 0 Å². The first-order chi connectivity index (χ1) is 13.2. The van der Waals surface area contributed by atoms with Crippen molar-refractivity contribution >= 4 is 0 Å². The summed E-state index contributed by atoms with van der Waals surface area (Å²) in [5, 5.41) is 0. The van der Waals surface area contributed by atoms with E-state index in [-0.39, 0.29) is 0 Å². The number of ether oxygens (including phenoxy) is 4. The van der Waals surface area contributed by atoms with Crippen LogP contribution in [0, 0.1) is 0 Å². The van der Waals surface area contributed by atoms with E-state index in [1.165, 1.54) is 0 Å². The minimum Gasteiger partial charge on any atom is -0.497 e. The van der Waals surface area contributed by atoms with Gasteiger partial charge in [-0.05, 0) is 48.5 Å². The maximum absolute atomic E-state index is 6.03. The van der Waals surface area contributed by atoms with Crippen molar-refractivity contribution in [1.82, 2.24) is 9.97 Å². The lowest BCUT2D eigenvalue weighted by Gasteiger charge is -2.27. The van der Waals surface area contributed by atoms with Crippen molar-refractivity contribution < 1.29 is 18.9 Å². The lowest BCUT2D eigenvalue weighted by Crippen LogP contribution is -2.30. The Morgan fingerprint density at radius 2 is 1.41 bits per heavy atom. The SMILES string of the molecule is COc1ccc(-c2cncc(C3(c4ccc(OC)cc4)OCCO3)n2)cc1. The summed E-state index contributed by atoms with van der Waals surface area (Å²) in [6.45, 7) is 0.973. The zero-order chi connectivity index (χ0) is 18.7. The largest absolute Gasteiger partial charge is 0.497 e. The highest BCUT2D eigenvalue weighted by atomic mass is 16.7. The van der Waals surface area contributed by atoms with Crippen molar-refractivity contribution in [2.75, 3.05) is 27.4 Å². The molecule has 2 heterocycles. The first-order valence-electron chi connectivity index (χ1n) is 8.64. The van der Waals surface area contributed by atoms with Crippen LogP contribution < -0.4 is 9.47 Å². The predicted molar refractivity (Wildman–Crippen MR) is 99.7 cm³/mol. The van der Waals surface area contributed by atoms with E-state index in [1.54, 1.807) is 26.6 Å². The smallest absolute Gasteiger partial charge is 0.241 e. The third-order valence-corrected chi connectivity index (χ3v) is 4.52. The molecule has 2 aromatic carbocycles. The fourth-order valence-corrected chi connectivity index (χ4v) is 3.11. The van der Waals surface area contributed by atoms with Crippen LogP contribution in [0.5, 0.6) is 11.5 Å². The van der Waals surface area contributed by atoms with Gasteiger partial charge < -0.3 is 18.9 Å². The number of nitrogens with zero attached hydrogens (tertiary/aromatic N) is 2. The molecule has 0 bridgehead atoms. The molecule has 0 radical (unpaired) electrons. The Morgan fingerprint density at radius 1 is 0.815 bits per heavy atom. The van der Waals surface area contributed by atoms with Crippen LogP contribution in [0.25, 0.3) is 11.3 Å². The molecule has 1 aliphatic rings. The van der Waals surface area contributed by atoms with Gasteiger partial charge in [0, 0.05) is 11.1 Å². The molecular weight excluding hydrogens is 344 g/mol. The van der Waals surface area contributed by atoms with Crippen LogP contribution in [0.2, 0.25) is 0 Å². The second kappa shape index (κ2) is 7.34. The van der Waals surface area contributed by atoms with Crippen LogP contribution in [0.15, 0.2) is 60.9 Å². The number of benzene rings is 2. The second-order valence-corrected chi connectivity index (χ2v) is 6.06. The van der Waals surface area contributed by atoms with Gasteiger partial charge in [0.1, 0.15) is 17.2 Å². The van der Waals surface area contributed by atoms with Gasteiger partial charge in [-0.25, -0.2) is 4.98 Å². The summed E-state index contributed by atoms with van der Waals surface area (Å²) in [5.41, 5.74) is 3.13. The molecule has 27 heavy (non-hydrogen) atoms. The molecular formula is C21H20N2O4. The van der Waals surface area contributed by atoms with Crippen molar-refractivity contribution in [2.45, 2.75) is 5.79 Å². The monoisotopic (exact) mass is 364 g/mol. The maximum Gasteiger partial charge on any atom is 0.241 e. The zero-order valence-electron chi connectivity index (χ0n) is 15.2. The van der Waals surface area contributed by atoms with Crippen LogP contribution in [-0.2, 0) is 15.3 Å². The fraction of sp³-hybridized carbons (Fsp3) is 0.238. The topological polar surface area (TPSA) is 62.7 Å². The molecule has 6 nitrogen and oxygen atoms in total. The van der Waals surface area contributed by atoms with Gasteiger partial charge in [-0.3, -0.25) is 4.98 Å². The minimum atomic E-state index is -1.07. The van der Waals surface area contributed by atoms with Crippen molar-refractivity contribution in [2.24, 2.45) is 0 Å². The van der Waals surface area contributed by atoms with Crippen molar-refractivity contribution in [3.63, 3.8) is 0 Å². The van der Waals surface area contributed by atoms with E-state index in [1.807, 2.05) is 48.5 Å². The average molecular weight is 364 g/mol. The summed E-state index contributed by atoms with van der Waals surface area (Å²) >= 11 is 0. The molecule has 3 aromatic rings. The molecule has 1 aliphatic heterocycles. The van der Waals surface area contributed by atoms with Crippen LogP contribution in [0.3, 0.4) is 0 Å². The standard InChI is InChI=1S/C21H20N2O4/c1-24-17-7-3-15(4-8-17)19-13-22-14-20(23-19)21(26-11-12-27-21)16-5-9-18(25-2)10-6-16/h3-10,13-14H,11-12H2,1-2H3. The Labute approximate surface area is 157 Å². The second-order valence-electron chi connectivity index (χ2n) is 6.06. The first kappa shape index (κ1) is 17.5. The highest BCUT2D eigenvalue weighted by Crippen LogP contribution is 2.38. The van der Waals surface area contributed by atoms with Gasteiger partial charge in [0.25, 0.3) is 0 Å². The number of hydrogen-bond acceptors (Lipinski definition) is 6. The zero-order valence-corrected chi connectivity index (χ0v) is 15.2. The first-order valence-corrected chi connectivity index (χ1v) is 8.64. The summed E-state index contributed by atoms with van der Waals surface area (Å²) in [6.07, 6.45) is 3.41. The van der Waals surface area contributed by atoms with Crippen LogP contribution in [0.4, 0.5) is 0 Å². The molecule has 0 saturated carbocycles. The Morgan fingerprint density at radius 3 is 2.00 bits per heavy atom. The van der Waals surface area contributed by atoms with Crippen LogP contribution in [-0.4, -0.2) is 37.4 Å². The van der Waals surface area contributed by atoms with Gasteiger partial charge in [0.15, 0.2) is 0 Å². The quantitative estimate of drug-likeness (QED) is 0.691. The molecule has 6 heteroatoms. The molecule has 138 valence electrons. The number of aromatic nitrogens is 2. The average Bonchev–Trinajstić information content (AvgIpc) is 3.25. The van der Waals surface area contributed by atoms with E-state index in [2.05, 4.69) is 4.98 Å². The Bertz CT molecular complexity index is 904. The number of hydrogen-bond donors (Lipinski definition) is 0. The van der Waals surface area contributed by atoms with Crippen molar-refractivity contribution in [3.8, 4) is 22.8 Å². The predicted octanol–water partition coefficient (Wildman–Crippen LogP) is 3.41. The van der Waals surface area contributed by atoms with E-state index in [9.17, 15) is 0 Å². The van der Waals surface area contributed by atoms with Crippen molar-refractivity contribution in [1.29, 1.82) is 0 Å². The lowest BCUT2D eigenvalue weighted by atomic mass is 10.0. The minimum absolute atomic E-state index is 0.487. The van der Waals surface area contributed by atoms with Gasteiger partial charge in [0.05, 0.1) is 45.5 Å². The molecule has 0 amide bonds. The molecule has 0 spiro atoms.